The van der Waals surface area contributed by atoms with Crippen molar-refractivity contribution < 1.29 is 0 Å². The Morgan fingerprint density at radius 2 is 2.42 bits per heavy atom. The lowest BCUT2D eigenvalue weighted by Crippen LogP contribution is -2.34. The van der Waals surface area contributed by atoms with E-state index in [1.165, 1.54) is 29.2 Å². The number of fused-ring (bicyclic) bond motifs is 1. The SMILES string of the molecule is Cc1nnsc1C(NN)C1CCCc2cccnc21. The van der Waals surface area contributed by atoms with Crippen LogP contribution in [0.2, 0.25) is 0 Å². The maximum absolute atomic E-state index is 5.79. The van der Waals surface area contributed by atoms with Gasteiger partial charge in [0, 0.05) is 17.8 Å². The first-order valence-corrected chi connectivity index (χ1v) is 7.27. The molecular weight excluding hydrogens is 258 g/mol. The number of hydrogen-bond acceptors (Lipinski definition) is 6. The zero-order valence-corrected chi connectivity index (χ0v) is 11.7. The predicted octanol–water partition coefficient (Wildman–Crippen LogP) is 1.87. The molecule has 6 heteroatoms. The fourth-order valence-electron chi connectivity index (χ4n) is 2.87. The van der Waals surface area contributed by atoms with Crippen LogP contribution in [0.25, 0.3) is 0 Å². The lowest BCUT2D eigenvalue weighted by molar-refractivity contribution is 0.403. The van der Waals surface area contributed by atoms with Crippen molar-refractivity contribution in [3.63, 3.8) is 0 Å². The predicted molar refractivity (Wildman–Crippen MR) is 74.6 cm³/mol. The third-order valence-electron chi connectivity index (χ3n) is 3.79. The van der Waals surface area contributed by atoms with Gasteiger partial charge in [0.2, 0.25) is 0 Å². The maximum atomic E-state index is 5.79. The van der Waals surface area contributed by atoms with Gasteiger partial charge in [-0.1, -0.05) is 10.6 Å². The standard InChI is InChI=1S/C13H17N5S/c1-8-13(19-18-17-8)12(16-14)10-6-2-4-9-5-3-7-15-11(9)10/h3,5,7,10,12,16H,2,4,6,14H2,1H3. The van der Waals surface area contributed by atoms with Gasteiger partial charge in [0.05, 0.1) is 16.6 Å². The monoisotopic (exact) mass is 275 g/mol. The van der Waals surface area contributed by atoms with Crippen molar-refractivity contribution in [1.82, 2.24) is 20.0 Å². The van der Waals surface area contributed by atoms with Crippen molar-refractivity contribution >= 4 is 11.5 Å². The summed E-state index contributed by atoms with van der Waals surface area (Å²) in [7, 11) is 0. The van der Waals surface area contributed by atoms with Crippen molar-refractivity contribution in [2.45, 2.75) is 38.1 Å². The van der Waals surface area contributed by atoms with Crippen LogP contribution in [-0.2, 0) is 6.42 Å². The highest BCUT2D eigenvalue weighted by atomic mass is 32.1. The minimum atomic E-state index is 0.0500. The van der Waals surface area contributed by atoms with E-state index in [0.29, 0.717) is 5.92 Å². The molecule has 2 aromatic rings. The highest BCUT2D eigenvalue weighted by Crippen LogP contribution is 2.40. The van der Waals surface area contributed by atoms with E-state index in [2.05, 4.69) is 26.1 Å². The Hall–Kier alpha value is -1.37. The van der Waals surface area contributed by atoms with Gasteiger partial charge < -0.3 is 0 Å². The summed E-state index contributed by atoms with van der Waals surface area (Å²) in [6.07, 6.45) is 5.24. The summed E-state index contributed by atoms with van der Waals surface area (Å²) in [5.41, 5.74) is 6.41. The maximum Gasteiger partial charge on any atom is 0.0773 e. The molecule has 2 unspecified atom stereocenters. The average molecular weight is 275 g/mol. The van der Waals surface area contributed by atoms with Gasteiger partial charge in [-0.25, -0.2) is 0 Å². The molecule has 0 bridgehead atoms. The van der Waals surface area contributed by atoms with E-state index in [0.717, 1.165) is 23.4 Å². The first-order valence-electron chi connectivity index (χ1n) is 6.50. The van der Waals surface area contributed by atoms with Crippen molar-refractivity contribution in [1.29, 1.82) is 0 Å². The van der Waals surface area contributed by atoms with Crippen LogP contribution in [0.3, 0.4) is 0 Å². The fourth-order valence-corrected chi connectivity index (χ4v) is 3.64. The molecule has 1 aliphatic carbocycles. The van der Waals surface area contributed by atoms with E-state index in [1.54, 1.807) is 0 Å². The number of hydrazine groups is 1. The van der Waals surface area contributed by atoms with Gasteiger partial charge in [-0.3, -0.25) is 16.3 Å². The molecule has 2 aromatic heterocycles. The van der Waals surface area contributed by atoms with Gasteiger partial charge in [-0.2, -0.15) is 0 Å². The van der Waals surface area contributed by atoms with Crippen LogP contribution in [0.15, 0.2) is 18.3 Å². The Balaban J connectivity index is 2.00. The summed E-state index contributed by atoms with van der Waals surface area (Å²) in [5, 5.41) is 4.09. The summed E-state index contributed by atoms with van der Waals surface area (Å²) in [6, 6.07) is 4.22. The van der Waals surface area contributed by atoms with Crippen molar-refractivity contribution in [2.24, 2.45) is 5.84 Å². The van der Waals surface area contributed by atoms with E-state index in [9.17, 15) is 0 Å². The highest BCUT2D eigenvalue weighted by Gasteiger charge is 2.31. The molecule has 2 atom stereocenters. The lowest BCUT2D eigenvalue weighted by atomic mass is 9.81. The number of rotatable bonds is 3. The molecule has 19 heavy (non-hydrogen) atoms. The van der Waals surface area contributed by atoms with Gasteiger partial charge >= 0.3 is 0 Å². The Morgan fingerprint density at radius 3 is 3.16 bits per heavy atom. The summed E-state index contributed by atoms with van der Waals surface area (Å²) < 4.78 is 4.02. The minimum Gasteiger partial charge on any atom is -0.271 e. The van der Waals surface area contributed by atoms with E-state index in [1.807, 2.05) is 19.2 Å². The molecule has 2 heterocycles. The number of aromatic nitrogens is 3. The lowest BCUT2D eigenvalue weighted by Gasteiger charge is -2.30. The minimum absolute atomic E-state index is 0.0500. The van der Waals surface area contributed by atoms with Gasteiger partial charge in [0.25, 0.3) is 0 Å². The van der Waals surface area contributed by atoms with Crippen molar-refractivity contribution in [2.75, 3.05) is 0 Å². The second-order valence-electron chi connectivity index (χ2n) is 4.91. The third kappa shape index (κ3) is 2.27. The molecule has 0 aliphatic heterocycles. The fraction of sp³-hybridized carbons (Fsp3) is 0.462. The molecule has 0 radical (unpaired) electrons. The van der Waals surface area contributed by atoms with Crippen LogP contribution in [0, 0.1) is 6.92 Å². The molecule has 0 saturated heterocycles. The summed E-state index contributed by atoms with van der Waals surface area (Å²) >= 11 is 1.42. The van der Waals surface area contributed by atoms with Crippen LogP contribution < -0.4 is 11.3 Å². The number of nitrogens with zero attached hydrogens (tertiary/aromatic N) is 3. The molecule has 5 nitrogen and oxygen atoms in total. The van der Waals surface area contributed by atoms with Gasteiger partial charge in [0.15, 0.2) is 0 Å². The topological polar surface area (TPSA) is 76.7 Å². The van der Waals surface area contributed by atoms with Crippen molar-refractivity contribution in [3.05, 3.63) is 40.2 Å². The van der Waals surface area contributed by atoms with Gasteiger partial charge in [0.1, 0.15) is 0 Å². The first-order chi connectivity index (χ1) is 9.31. The molecule has 0 spiro atoms. The molecule has 0 aromatic carbocycles. The van der Waals surface area contributed by atoms with E-state index < -0.39 is 0 Å². The quantitative estimate of drug-likeness (QED) is 0.660. The van der Waals surface area contributed by atoms with Crippen LogP contribution in [-0.4, -0.2) is 14.6 Å². The molecular formula is C13H17N5S. The summed E-state index contributed by atoms with van der Waals surface area (Å²) in [6.45, 7) is 1.98. The van der Waals surface area contributed by atoms with Gasteiger partial charge in [-0.15, -0.1) is 5.10 Å². The third-order valence-corrected chi connectivity index (χ3v) is 4.70. The zero-order chi connectivity index (χ0) is 13.2. The van der Waals surface area contributed by atoms with Crippen LogP contribution in [0.5, 0.6) is 0 Å². The van der Waals surface area contributed by atoms with Gasteiger partial charge in [-0.05, 0) is 49.3 Å². The van der Waals surface area contributed by atoms with E-state index in [4.69, 9.17) is 5.84 Å². The number of hydrogen-bond donors (Lipinski definition) is 2. The number of pyridine rings is 1. The number of nitrogens with one attached hydrogen (secondary N) is 1. The van der Waals surface area contributed by atoms with Crippen LogP contribution in [0.4, 0.5) is 0 Å². The molecule has 3 rings (SSSR count). The zero-order valence-electron chi connectivity index (χ0n) is 10.8. The largest absolute Gasteiger partial charge is 0.271 e. The van der Waals surface area contributed by atoms with E-state index >= 15 is 0 Å². The van der Waals surface area contributed by atoms with Crippen molar-refractivity contribution in [3.8, 4) is 0 Å². The average Bonchev–Trinajstić information content (AvgIpc) is 2.86. The Morgan fingerprint density at radius 1 is 1.53 bits per heavy atom. The Bertz CT molecular complexity index is 568. The first kappa shape index (κ1) is 12.7. The summed E-state index contributed by atoms with van der Waals surface area (Å²) in [5.74, 6) is 6.10. The second kappa shape index (κ2) is 5.32. The second-order valence-corrected chi connectivity index (χ2v) is 5.70. The molecule has 0 saturated carbocycles. The molecule has 3 N–H and O–H groups in total. The normalized spacial score (nSPS) is 20.0. The summed E-state index contributed by atoms with van der Waals surface area (Å²) in [4.78, 5) is 5.69. The number of aryl methyl sites for hydroxylation is 2. The Labute approximate surface area is 116 Å². The highest BCUT2D eigenvalue weighted by molar-refractivity contribution is 7.05. The molecule has 1 aliphatic rings. The smallest absolute Gasteiger partial charge is 0.0773 e. The van der Waals surface area contributed by atoms with Crippen LogP contribution in [0.1, 0.15) is 46.6 Å². The molecule has 0 amide bonds. The Kier molecular flexibility index (Phi) is 3.54. The molecule has 100 valence electrons. The number of nitrogens with two attached hydrogens (primary N) is 1. The van der Waals surface area contributed by atoms with Crippen LogP contribution >= 0.6 is 11.5 Å². The van der Waals surface area contributed by atoms with E-state index in [-0.39, 0.29) is 6.04 Å². The molecule has 0 fully saturated rings.